The highest BCUT2D eigenvalue weighted by molar-refractivity contribution is 6.35. The van der Waals surface area contributed by atoms with E-state index in [2.05, 4.69) is 5.32 Å². The molecule has 0 unspecified atom stereocenters. The lowest BCUT2D eigenvalue weighted by atomic mass is 9.94. The normalized spacial score (nSPS) is 12.8. The fourth-order valence-corrected chi connectivity index (χ4v) is 3.95. The summed E-state index contributed by atoms with van der Waals surface area (Å²) < 4.78 is 0. The van der Waals surface area contributed by atoms with Gasteiger partial charge in [-0.3, -0.25) is 14.4 Å². The first-order valence-electron chi connectivity index (χ1n) is 9.96. The second kappa shape index (κ2) is 7.54. The molecule has 5 nitrogen and oxygen atoms in total. The predicted molar refractivity (Wildman–Crippen MR) is 120 cm³/mol. The number of amides is 3. The largest absolute Gasteiger partial charge is 0.326 e. The molecule has 0 saturated carbocycles. The average molecular weight is 406 g/mol. The molecule has 0 radical (unpaired) electrons. The lowest BCUT2D eigenvalue weighted by Crippen LogP contribution is -2.40. The van der Waals surface area contributed by atoms with Crippen molar-refractivity contribution in [2.24, 2.45) is 0 Å². The van der Waals surface area contributed by atoms with E-state index in [0.717, 1.165) is 10.9 Å². The molecule has 0 spiro atoms. The molecule has 5 heteroatoms. The zero-order chi connectivity index (χ0) is 21.4. The number of benzene rings is 4. The number of anilines is 2. The third-order valence-electron chi connectivity index (χ3n) is 5.39. The molecular weight excluding hydrogens is 388 g/mol. The number of carbonyl (C=O) groups excluding carboxylic acids is 3. The third-order valence-corrected chi connectivity index (χ3v) is 5.39. The Morgan fingerprint density at radius 3 is 1.94 bits per heavy atom. The SMILES string of the molecule is O=C(Cc1ccccc1)Nc1ccc(N2C(=O)c3cccc4cccc(c34)C2=O)cc1. The van der Waals surface area contributed by atoms with Gasteiger partial charge in [0.05, 0.1) is 12.1 Å². The quantitative estimate of drug-likeness (QED) is 0.494. The van der Waals surface area contributed by atoms with Crippen molar-refractivity contribution in [1.82, 2.24) is 0 Å². The lowest BCUT2D eigenvalue weighted by Gasteiger charge is -2.27. The van der Waals surface area contributed by atoms with E-state index in [9.17, 15) is 14.4 Å². The van der Waals surface area contributed by atoms with Crippen molar-refractivity contribution in [3.8, 4) is 0 Å². The van der Waals surface area contributed by atoms with Gasteiger partial charge in [0.25, 0.3) is 11.8 Å². The van der Waals surface area contributed by atoms with E-state index < -0.39 is 0 Å². The molecule has 0 fully saturated rings. The zero-order valence-electron chi connectivity index (χ0n) is 16.5. The van der Waals surface area contributed by atoms with Gasteiger partial charge in [-0.25, -0.2) is 4.90 Å². The number of carbonyl (C=O) groups is 3. The van der Waals surface area contributed by atoms with Crippen molar-refractivity contribution in [3.63, 3.8) is 0 Å². The topological polar surface area (TPSA) is 66.5 Å². The molecule has 1 aliphatic heterocycles. The Balaban J connectivity index is 1.39. The molecule has 0 aromatic heterocycles. The highest BCUT2D eigenvalue weighted by atomic mass is 16.2. The minimum atomic E-state index is -0.352. The van der Waals surface area contributed by atoms with Crippen LogP contribution in [0.3, 0.4) is 0 Å². The van der Waals surface area contributed by atoms with Gasteiger partial charge in [0.1, 0.15) is 0 Å². The Bertz CT molecular complexity index is 1280. The summed E-state index contributed by atoms with van der Waals surface area (Å²) in [6.45, 7) is 0. The maximum Gasteiger partial charge on any atom is 0.265 e. The minimum absolute atomic E-state index is 0.135. The summed E-state index contributed by atoms with van der Waals surface area (Å²) in [4.78, 5) is 39.7. The fraction of sp³-hybridized carbons (Fsp3) is 0.0385. The summed E-state index contributed by atoms with van der Waals surface area (Å²) in [6, 6.07) is 27.1. The maximum atomic E-state index is 13.1. The molecule has 0 saturated heterocycles. The summed E-state index contributed by atoms with van der Waals surface area (Å²) in [7, 11) is 0. The van der Waals surface area contributed by atoms with Crippen LogP contribution in [0.4, 0.5) is 11.4 Å². The molecule has 5 rings (SSSR count). The predicted octanol–water partition coefficient (Wildman–Crippen LogP) is 4.82. The molecule has 1 heterocycles. The maximum absolute atomic E-state index is 13.1. The number of hydrogen-bond donors (Lipinski definition) is 1. The van der Waals surface area contributed by atoms with Crippen molar-refractivity contribution in [2.45, 2.75) is 6.42 Å². The molecule has 1 N–H and O–H groups in total. The standard InChI is InChI=1S/C26H18N2O3/c29-23(16-17-6-2-1-3-7-17)27-19-12-14-20(15-13-19)28-25(30)21-10-4-8-18-9-5-11-22(24(18)21)26(28)31/h1-15H,16H2,(H,27,29). The Morgan fingerprint density at radius 1 is 0.710 bits per heavy atom. The highest BCUT2D eigenvalue weighted by Crippen LogP contribution is 2.33. The van der Waals surface area contributed by atoms with Gasteiger partial charge in [0.15, 0.2) is 0 Å². The van der Waals surface area contributed by atoms with E-state index in [4.69, 9.17) is 0 Å². The molecular formula is C26H18N2O3. The lowest BCUT2D eigenvalue weighted by molar-refractivity contribution is -0.115. The van der Waals surface area contributed by atoms with E-state index in [1.54, 1.807) is 36.4 Å². The van der Waals surface area contributed by atoms with Crippen molar-refractivity contribution >= 4 is 39.9 Å². The summed E-state index contributed by atoms with van der Waals surface area (Å²) >= 11 is 0. The number of rotatable bonds is 4. The molecule has 4 aromatic rings. The third kappa shape index (κ3) is 3.36. The van der Waals surface area contributed by atoms with E-state index >= 15 is 0 Å². The van der Waals surface area contributed by atoms with Crippen LogP contribution in [0.15, 0.2) is 91.0 Å². The Hall–Kier alpha value is -4.25. The molecule has 0 aliphatic carbocycles. The summed E-state index contributed by atoms with van der Waals surface area (Å²) in [5, 5.41) is 4.41. The minimum Gasteiger partial charge on any atom is -0.326 e. The van der Waals surface area contributed by atoms with E-state index in [1.165, 1.54) is 4.90 Å². The van der Waals surface area contributed by atoms with Gasteiger partial charge in [-0.1, -0.05) is 54.6 Å². The second-order valence-electron chi connectivity index (χ2n) is 7.41. The van der Waals surface area contributed by atoms with Crippen LogP contribution in [0.1, 0.15) is 26.3 Å². The first kappa shape index (κ1) is 18.8. The van der Waals surface area contributed by atoms with Crippen LogP contribution < -0.4 is 10.2 Å². The van der Waals surface area contributed by atoms with Crippen LogP contribution >= 0.6 is 0 Å². The van der Waals surface area contributed by atoms with Crippen molar-refractivity contribution < 1.29 is 14.4 Å². The smallest absolute Gasteiger partial charge is 0.265 e. The van der Waals surface area contributed by atoms with Crippen LogP contribution in [-0.2, 0) is 11.2 Å². The zero-order valence-corrected chi connectivity index (χ0v) is 16.5. The number of nitrogens with one attached hydrogen (secondary N) is 1. The van der Waals surface area contributed by atoms with Gasteiger partial charge in [0, 0.05) is 22.2 Å². The number of nitrogens with zero attached hydrogens (tertiary/aromatic N) is 1. The van der Waals surface area contributed by atoms with Gasteiger partial charge < -0.3 is 5.32 Å². The Kier molecular flexibility index (Phi) is 4.56. The second-order valence-corrected chi connectivity index (χ2v) is 7.41. The fourth-order valence-electron chi connectivity index (χ4n) is 3.95. The van der Waals surface area contributed by atoms with Crippen LogP contribution in [0, 0.1) is 0 Å². The number of imide groups is 1. The van der Waals surface area contributed by atoms with Gasteiger partial charge in [-0.05, 0) is 47.3 Å². The van der Waals surface area contributed by atoms with E-state index in [0.29, 0.717) is 27.9 Å². The van der Waals surface area contributed by atoms with Crippen LogP contribution in [0.2, 0.25) is 0 Å². The summed E-state index contributed by atoms with van der Waals surface area (Å²) in [5.74, 6) is -0.838. The van der Waals surface area contributed by atoms with Gasteiger partial charge in [-0.2, -0.15) is 0 Å². The molecule has 0 atom stereocenters. The van der Waals surface area contributed by atoms with E-state index in [1.807, 2.05) is 54.6 Å². The van der Waals surface area contributed by atoms with E-state index in [-0.39, 0.29) is 24.1 Å². The highest BCUT2D eigenvalue weighted by Gasteiger charge is 2.33. The molecule has 1 aliphatic rings. The summed E-state index contributed by atoms with van der Waals surface area (Å²) in [5.41, 5.74) is 3.00. The van der Waals surface area contributed by atoms with Crippen LogP contribution in [-0.4, -0.2) is 17.7 Å². The molecule has 4 aromatic carbocycles. The van der Waals surface area contributed by atoms with Gasteiger partial charge in [0.2, 0.25) is 5.91 Å². The monoisotopic (exact) mass is 406 g/mol. The van der Waals surface area contributed by atoms with Crippen LogP contribution in [0.25, 0.3) is 10.8 Å². The van der Waals surface area contributed by atoms with Crippen molar-refractivity contribution in [3.05, 3.63) is 108 Å². The summed E-state index contributed by atoms with van der Waals surface area (Å²) in [6.07, 6.45) is 0.270. The molecule has 31 heavy (non-hydrogen) atoms. The molecule has 0 bridgehead atoms. The van der Waals surface area contributed by atoms with Crippen molar-refractivity contribution in [2.75, 3.05) is 10.2 Å². The number of hydrogen-bond acceptors (Lipinski definition) is 3. The Labute approximate surface area is 178 Å². The first-order valence-corrected chi connectivity index (χ1v) is 9.96. The van der Waals surface area contributed by atoms with Gasteiger partial charge in [-0.15, -0.1) is 0 Å². The van der Waals surface area contributed by atoms with Gasteiger partial charge >= 0.3 is 0 Å². The molecule has 150 valence electrons. The molecule has 3 amide bonds. The van der Waals surface area contributed by atoms with Crippen LogP contribution in [0.5, 0.6) is 0 Å². The average Bonchev–Trinajstić information content (AvgIpc) is 2.79. The Morgan fingerprint density at radius 2 is 1.32 bits per heavy atom. The van der Waals surface area contributed by atoms with Crippen molar-refractivity contribution in [1.29, 1.82) is 0 Å². The first-order chi connectivity index (χ1) is 15.1.